The van der Waals surface area contributed by atoms with Crippen molar-refractivity contribution in [3.8, 4) is 11.5 Å². The third-order valence-electron chi connectivity index (χ3n) is 9.59. The Morgan fingerprint density at radius 3 is 1.35 bits per heavy atom. The van der Waals surface area contributed by atoms with Crippen molar-refractivity contribution in [1.29, 1.82) is 0 Å². The predicted molar refractivity (Wildman–Crippen MR) is 214 cm³/mol. The van der Waals surface area contributed by atoms with Gasteiger partial charge in [0.15, 0.2) is 0 Å². The molecular formula is C39H45IN2O10S2. The van der Waals surface area contributed by atoms with Gasteiger partial charge in [0.2, 0.25) is 20.0 Å². The maximum atomic E-state index is 13.1. The van der Waals surface area contributed by atoms with E-state index in [0.29, 0.717) is 58.6 Å². The van der Waals surface area contributed by atoms with Crippen molar-refractivity contribution in [3.63, 3.8) is 0 Å². The minimum absolute atomic E-state index is 0. The average molecular weight is 893 g/mol. The van der Waals surface area contributed by atoms with Crippen LogP contribution in [0, 0.1) is 27.7 Å². The normalized spacial score (nSPS) is 15.9. The standard InChI is InChI=1S/C20H23NO5S.C19H21NO5S.HI/c1-12-9-16(25-3)10-13(2)19(12)27(23,24)21-18-8-7-14-5-6-15(11-17(14)18)20(22)26-4;1-11-8-15(25-3)9-12(2)18(11)26(23,24)20-17-7-6-13-4-5-14(19(21)22)10-16(13)17;/h5-6,9-11,18,21H,7-8H2,1-4H3;4-5,8-10,17,20H,6-7H2,1-3H3,(H,21,22);1H. The number of hydrogen-bond acceptors (Lipinski definition) is 9. The molecule has 54 heavy (non-hydrogen) atoms. The zero-order valence-electron chi connectivity index (χ0n) is 31.1. The molecule has 6 rings (SSSR count). The number of sulfonamides is 2. The Morgan fingerprint density at radius 2 is 1.00 bits per heavy atom. The highest BCUT2D eigenvalue weighted by Crippen LogP contribution is 2.36. The molecule has 4 aromatic carbocycles. The molecule has 0 spiro atoms. The first kappa shape index (κ1) is 42.7. The molecule has 12 nitrogen and oxygen atoms in total. The quantitative estimate of drug-likeness (QED) is 0.115. The van der Waals surface area contributed by atoms with Crippen LogP contribution in [0.25, 0.3) is 0 Å². The molecular weight excluding hydrogens is 847 g/mol. The number of carboxylic acid groups (broad SMARTS) is 1. The molecule has 4 aromatic rings. The molecule has 2 atom stereocenters. The molecule has 0 bridgehead atoms. The summed E-state index contributed by atoms with van der Waals surface area (Å²) in [5.74, 6) is -0.231. The largest absolute Gasteiger partial charge is 0.497 e. The summed E-state index contributed by atoms with van der Waals surface area (Å²) in [5, 5.41) is 9.18. The number of esters is 1. The highest BCUT2D eigenvalue weighted by molar-refractivity contribution is 14.0. The Balaban J connectivity index is 0.000000236. The molecule has 15 heteroatoms. The molecule has 0 radical (unpaired) electrons. The first-order valence-electron chi connectivity index (χ1n) is 16.9. The summed E-state index contributed by atoms with van der Waals surface area (Å²) in [7, 11) is -3.08. The van der Waals surface area contributed by atoms with E-state index in [1.807, 2.05) is 6.07 Å². The topological polar surface area (TPSA) is 174 Å². The number of aromatic carboxylic acids is 1. The lowest BCUT2D eigenvalue weighted by molar-refractivity contribution is 0.0599. The van der Waals surface area contributed by atoms with E-state index in [-0.39, 0.29) is 45.4 Å². The number of carbonyl (C=O) groups is 2. The second-order valence-electron chi connectivity index (χ2n) is 13.2. The lowest BCUT2D eigenvalue weighted by atomic mass is 10.0. The van der Waals surface area contributed by atoms with Crippen LogP contribution in [0.3, 0.4) is 0 Å². The fraction of sp³-hybridized carbons (Fsp3) is 0.333. The number of ether oxygens (including phenoxy) is 3. The van der Waals surface area contributed by atoms with Crippen LogP contribution in [-0.4, -0.2) is 55.2 Å². The SMILES string of the molecule is COC(=O)c1ccc2c(c1)C(NS(=O)(=O)c1c(C)cc(OC)cc1C)CC2.COc1cc(C)c(S(=O)(=O)NC2CCc3ccc(C(=O)O)cc32)c(C)c1.I. The number of rotatable bonds is 10. The Labute approximate surface area is 333 Å². The second kappa shape index (κ2) is 17.2. The summed E-state index contributed by atoms with van der Waals surface area (Å²) in [6, 6.07) is 16.1. The number of carbonyl (C=O) groups excluding carboxylic acids is 1. The molecule has 3 N–H and O–H groups in total. The molecule has 0 saturated carbocycles. The molecule has 0 saturated heterocycles. The summed E-state index contributed by atoms with van der Waals surface area (Å²) < 4.78 is 72.8. The average Bonchev–Trinajstić information content (AvgIpc) is 3.69. The lowest BCUT2D eigenvalue weighted by Gasteiger charge is -2.18. The van der Waals surface area contributed by atoms with Gasteiger partial charge in [-0.2, -0.15) is 0 Å². The van der Waals surface area contributed by atoms with Crippen molar-refractivity contribution in [3.05, 3.63) is 116 Å². The number of halogens is 1. The van der Waals surface area contributed by atoms with Crippen LogP contribution in [0.4, 0.5) is 0 Å². The van der Waals surface area contributed by atoms with Gasteiger partial charge in [-0.15, -0.1) is 24.0 Å². The fourth-order valence-corrected chi connectivity index (χ4v) is 10.6. The van der Waals surface area contributed by atoms with E-state index in [2.05, 4.69) is 9.44 Å². The van der Waals surface area contributed by atoms with Gasteiger partial charge in [0.05, 0.1) is 42.2 Å². The third-order valence-corrected chi connectivity index (χ3v) is 13.1. The van der Waals surface area contributed by atoms with Crippen molar-refractivity contribution in [2.75, 3.05) is 21.3 Å². The molecule has 0 heterocycles. The molecule has 2 aliphatic rings. The molecule has 0 fully saturated rings. The van der Waals surface area contributed by atoms with Gasteiger partial charge in [-0.05, 0) is 146 Å². The van der Waals surface area contributed by atoms with E-state index in [4.69, 9.17) is 14.2 Å². The van der Waals surface area contributed by atoms with E-state index < -0.39 is 38.0 Å². The van der Waals surface area contributed by atoms with E-state index in [0.717, 1.165) is 28.7 Å². The molecule has 290 valence electrons. The predicted octanol–water partition coefficient (Wildman–Crippen LogP) is 6.66. The van der Waals surface area contributed by atoms with Crippen LogP contribution in [0.5, 0.6) is 11.5 Å². The first-order valence-corrected chi connectivity index (χ1v) is 19.9. The molecule has 0 aromatic heterocycles. The van der Waals surface area contributed by atoms with E-state index in [1.54, 1.807) is 89.4 Å². The van der Waals surface area contributed by atoms with Gasteiger partial charge < -0.3 is 19.3 Å². The zero-order chi connectivity index (χ0) is 38.8. The summed E-state index contributed by atoms with van der Waals surface area (Å²) in [6.45, 7) is 6.97. The molecule has 0 aliphatic heterocycles. The third kappa shape index (κ3) is 9.08. The Morgan fingerprint density at radius 1 is 0.630 bits per heavy atom. The van der Waals surface area contributed by atoms with Gasteiger partial charge in [0.1, 0.15) is 11.5 Å². The molecule has 2 aliphatic carbocycles. The van der Waals surface area contributed by atoms with Crippen LogP contribution >= 0.6 is 24.0 Å². The number of nitrogens with one attached hydrogen (secondary N) is 2. The smallest absolute Gasteiger partial charge is 0.337 e. The minimum atomic E-state index is -3.76. The zero-order valence-corrected chi connectivity index (χ0v) is 35.1. The van der Waals surface area contributed by atoms with Crippen LogP contribution in [-0.2, 0) is 37.6 Å². The van der Waals surface area contributed by atoms with Gasteiger partial charge >= 0.3 is 11.9 Å². The number of fused-ring (bicyclic) bond motifs is 2. The Bertz CT molecular complexity index is 2260. The van der Waals surface area contributed by atoms with Gasteiger partial charge in [0.25, 0.3) is 0 Å². The van der Waals surface area contributed by atoms with E-state index >= 15 is 0 Å². The summed E-state index contributed by atoms with van der Waals surface area (Å²) in [5.41, 5.74) is 6.61. The van der Waals surface area contributed by atoms with Crippen molar-refractivity contribution >= 4 is 56.0 Å². The fourth-order valence-electron chi connectivity index (χ4n) is 7.22. The monoisotopic (exact) mass is 892 g/mol. The van der Waals surface area contributed by atoms with Gasteiger partial charge in [-0.1, -0.05) is 12.1 Å². The van der Waals surface area contributed by atoms with Crippen LogP contribution < -0.4 is 18.9 Å². The maximum absolute atomic E-state index is 13.1. The second-order valence-corrected chi connectivity index (χ2v) is 16.5. The van der Waals surface area contributed by atoms with E-state index in [1.165, 1.54) is 14.2 Å². The first-order chi connectivity index (χ1) is 25.0. The van der Waals surface area contributed by atoms with Crippen LogP contribution in [0.2, 0.25) is 0 Å². The van der Waals surface area contributed by atoms with Crippen molar-refractivity contribution in [2.24, 2.45) is 0 Å². The minimum Gasteiger partial charge on any atom is -0.497 e. The number of methoxy groups -OCH3 is 3. The molecule has 0 amide bonds. The van der Waals surface area contributed by atoms with Crippen molar-refractivity contribution in [2.45, 2.75) is 75.3 Å². The summed E-state index contributed by atoms with van der Waals surface area (Å²) in [4.78, 5) is 23.5. The maximum Gasteiger partial charge on any atom is 0.337 e. The highest BCUT2D eigenvalue weighted by Gasteiger charge is 2.32. The number of carboxylic acids is 1. The van der Waals surface area contributed by atoms with Gasteiger partial charge in [0, 0.05) is 12.1 Å². The number of aryl methyl sites for hydroxylation is 6. The highest BCUT2D eigenvalue weighted by atomic mass is 127. The Hall–Kier alpha value is -4.03. The van der Waals surface area contributed by atoms with Crippen molar-refractivity contribution in [1.82, 2.24) is 9.44 Å². The van der Waals surface area contributed by atoms with Crippen molar-refractivity contribution < 1.29 is 45.7 Å². The van der Waals surface area contributed by atoms with Gasteiger partial charge in [-0.3, -0.25) is 0 Å². The summed E-state index contributed by atoms with van der Waals surface area (Å²) in [6.07, 6.45) is 2.72. The Kier molecular flexibility index (Phi) is 13.6. The van der Waals surface area contributed by atoms with Crippen LogP contribution in [0.15, 0.2) is 70.5 Å². The van der Waals surface area contributed by atoms with Gasteiger partial charge in [-0.25, -0.2) is 35.9 Å². The summed E-state index contributed by atoms with van der Waals surface area (Å²) >= 11 is 0. The molecule has 2 unspecified atom stereocenters. The van der Waals surface area contributed by atoms with E-state index in [9.17, 15) is 31.5 Å². The number of benzene rings is 4. The number of hydrogen-bond donors (Lipinski definition) is 3. The lowest BCUT2D eigenvalue weighted by Crippen LogP contribution is -2.28. The van der Waals surface area contributed by atoms with Crippen LogP contribution in [0.1, 0.15) is 90.1 Å².